The lowest BCUT2D eigenvalue weighted by molar-refractivity contribution is -0.129. The molecule has 110 valence electrons. The number of carbonyl (C=O) groups is 1. The molecule has 2 fully saturated rings. The fourth-order valence-corrected chi connectivity index (χ4v) is 3.44. The molecule has 2 aliphatic carbocycles. The van der Waals surface area contributed by atoms with Crippen LogP contribution in [-0.4, -0.2) is 23.8 Å². The van der Waals surface area contributed by atoms with Gasteiger partial charge in [-0.2, -0.15) is 0 Å². The summed E-state index contributed by atoms with van der Waals surface area (Å²) in [6.07, 6.45) is 4.67. The minimum absolute atomic E-state index is 0.0649. The Morgan fingerprint density at radius 3 is 2.42 bits per heavy atom. The van der Waals surface area contributed by atoms with Gasteiger partial charge in [0.05, 0.1) is 0 Å². The van der Waals surface area contributed by atoms with Gasteiger partial charge in [-0.25, -0.2) is 8.78 Å². The first-order chi connectivity index (χ1) is 8.98. The molecule has 1 amide bonds. The molecule has 2 nitrogen and oxygen atoms in total. The Labute approximate surface area is 118 Å². The normalized spacial score (nSPS) is 31.9. The van der Waals surface area contributed by atoms with Gasteiger partial charge in [0.2, 0.25) is 11.8 Å². The molecule has 2 aliphatic rings. The molecule has 2 saturated carbocycles. The molecule has 0 aromatic rings. The highest BCUT2D eigenvalue weighted by molar-refractivity contribution is 6.20. The van der Waals surface area contributed by atoms with Gasteiger partial charge in [0.15, 0.2) is 0 Å². The maximum atomic E-state index is 13.0. The topological polar surface area (TPSA) is 29.1 Å². The average Bonchev–Trinajstić information content (AvgIpc) is 2.37. The highest BCUT2D eigenvalue weighted by Gasteiger charge is 2.37. The Hall–Kier alpha value is -0.380. The van der Waals surface area contributed by atoms with Crippen LogP contribution in [0.4, 0.5) is 8.78 Å². The van der Waals surface area contributed by atoms with Crippen LogP contribution in [0.1, 0.15) is 51.4 Å². The van der Waals surface area contributed by atoms with Crippen molar-refractivity contribution in [2.45, 2.75) is 62.7 Å². The van der Waals surface area contributed by atoms with E-state index in [0.717, 1.165) is 19.3 Å². The number of alkyl halides is 3. The second-order valence-corrected chi connectivity index (χ2v) is 6.50. The molecule has 0 bridgehead atoms. The highest BCUT2D eigenvalue weighted by atomic mass is 35.5. The highest BCUT2D eigenvalue weighted by Crippen LogP contribution is 2.36. The molecule has 0 spiro atoms. The van der Waals surface area contributed by atoms with E-state index >= 15 is 0 Å². The summed E-state index contributed by atoms with van der Waals surface area (Å²) in [5.41, 5.74) is 0. The van der Waals surface area contributed by atoms with Crippen molar-refractivity contribution in [2.75, 3.05) is 6.54 Å². The second-order valence-electron chi connectivity index (χ2n) is 5.94. The quantitative estimate of drug-likeness (QED) is 0.789. The Bertz CT molecular complexity index is 315. The van der Waals surface area contributed by atoms with Crippen LogP contribution < -0.4 is 5.32 Å². The first kappa shape index (κ1) is 15.0. The van der Waals surface area contributed by atoms with Gasteiger partial charge < -0.3 is 5.32 Å². The monoisotopic (exact) mass is 293 g/mol. The first-order valence-electron chi connectivity index (χ1n) is 7.27. The summed E-state index contributed by atoms with van der Waals surface area (Å²) >= 11 is 6.24. The van der Waals surface area contributed by atoms with Crippen LogP contribution in [0.25, 0.3) is 0 Å². The van der Waals surface area contributed by atoms with Crippen LogP contribution >= 0.6 is 11.6 Å². The summed E-state index contributed by atoms with van der Waals surface area (Å²) in [4.78, 5) is 12.0. The van der Waals surface area contributed by atoms with Crippen molar-refractivity contribution in [2.24, 2.45) is 11.8 Å². The van der Waals surface area contributed by atoms with Crippen LogP contribution in [0, 0.1) is 11.8 Å². The van der Waals surface area contributed by atoms with Gasteiger partial charge in [-0.15, -0.1) is 11.6 Å². The fourth-order valence-electron chi connectivity index (χ4n) is 3.07. The fraction of sp³-hybridized carbons (Fsp3) is 0.929. The van der Waals surface area contributed by atoms with Gasteiger partial charge in [-0.3, -0.25) is 4.79 Å². The Morgan fingerprint density at radius 1 is 1.16 bits per heavy atom. The summed E-state index contributed by atoms with van der Waals surface area (Å²) in [6.45, 7) is 0.597. The van der Waals surface area contributed by atoms with E-state index in [-0.39, 0.29) is 30.0 Å². The van der Waals surface area contributed by atoms with E-state index in [1.54, 1.807) is 0 Å². The molecule has 0 aromatic heterocycles. The summed E-state index contributed by atoms with van der Waals surface area (Å²) in [7, 11) is 0. The molecule has 0 aliphatic heterocycles. The van der Waals surface area contributed by atoms with Gasteiger partial charge in [-0.1, -0.05) is 12.8 Å². The standard InChI is InChI=1S/C14H22ClF2NO/c15-12-4-2-1-3-11(12)9-18-13(19)10-5-7-14(16,17)8-6-10/h10-12H,1-9H2,(H,18,19). The average molecular weight is 294 g/mol. The molecule has 0 saturated heterocycles. The Kier molecular flexibility index (Phi) is 5.04. The Morgan fingerprint density at radius 2 is 1.79 bits per heavy atom. The first-order valence-corrected chi connectivity index (χ1v) is 7.71. The number of rotatable bonds is 3. The predicted molar refractivity (Wildman–Crippen MR) is 71.5 cm³/mol. The number of halogens is 3. The molecule has 5 heteroatoms. The maximum Gasteiger partial charge on any atom is 0.248 e. The van der Waals surface area contributed by atoms with Gasteiger partial charge in [0.1, 0.15) is 0 Å². The number of hydrogen-bond donors (Lipinski definition) is 1. The largest absolute Gasteiger partial charge is 0.356 e. The zero-order valence-corrected chi connectivity index (χ0v) is 11.9. The maximum absolute atomic E-state index is 13.0. The number of amides is 1. The van der Waals surface area contributed by atoms with Crippen LogP contribution in [-0.2, 0) is 4.79 Å². The van der Waals surface area contributed by atoms with E-state index in [0.29, 0.717) is 25.3 Å². The van der Waals surface area contributed by atoms with Crippen molar-refractivity contribution in [3.8, 4) is 0 Å². The van der Waals surface area contributed by atoms with Crippen LogP contribution in [0.15, 0.2) is 0 Å². The predicted octanol–water partition coefficient (Wildman–Crippen LogP) is 3.73. The lowest BCUT2D eigenvalue weighted by Gasteiger charge is -2.30. The van der Waals surface area contributed by atoms with E-state index in [9.17, 15) is 13.6 Å². The van der Waals surface area contributed by atoms with E-state index in [1.165, 1.54) is 6.42 Å². The van der Waals surface area contributed by atoms with E-state index < -0.39 is 5.92 Å². The minimum atomic E-state index is -2.57. The zero-order valence-electron chi connectivity index (χ0n) is 11.1. The van der Waals surface area contributed by atoms with Crippen LogP contribution in [0.3, 0.4) is 0 Å². The Balaban J connectivity index is 1.72. The molecule has 2 unspecified atom stereocenters. The smallest absolute Gasteiger partial charge is 0.248 e. The van der Waals surface area contributed by atoms with Crippen molar-refractivity contribution in [1.29, 1.82) is 0 Å². The molecule has 0 radical (unpaired) electrons. The summed E-state index contributed by atoms with van der Waals surface area (Å²) in [5, 5.41) is 3.05. The van der Waals surface area contributed by atoms with Crippen LogP contribution in [0.2, 0.25) is 0 Å². The third kappa shape index (κ3) is 4.30. The summed E-state index contributed by atoms with van der Waals surface area (Å²) < 4.78 is 26.0. The van der Waals surface area contributed by atoms with E-state index in [2.05, 4.69) is 5.32 Å². The molecule has 2 atom stereocenters. The van der Waals surface area contributed by atoms with Gasteiger partial charge >= 0.3 is 0 Å². The van der Waals surface area contributed by atoms with Crippen molar-refractivity contribution >= 4 is 17.5 Å². The van der Waals surface area contributed by atoms with Crippen molar-refractivity contribution < 1.29 is 13.6 Å². The van der Waals surface area contributed by atoms with Crippen molar-refractivity contribution in [3.63, 3.8) is 0 Å². The number of nitrogens with one attached hydrogen (secondary N) is 1. The molecule has 0 heterocycles. The minimum Gasteiger partial charge on any atom is -0.356 e. The summed E-state index contributed by atoms with van der Waals surface area (Å²) in [6, 6.07) is 0. The third-order valence-corrected chi connectivity index (χ3v) is 5.02. The van der Waals surface area contributed by atoms with E-state index in [4.69, 9.17) is 11.6 Å². The molecule has 2 rings (SSSR count). The van der Waals surface area contributed by atoms with Gasteiger partial charge in [0.25, 0.3) is 0 Å². The third-order valence-electron chi connectivity index (χ3n) is 4.44. The molecule has 1 N–H and O–H groups in total. The van der Waals surface area contributed by atoms with Crippen molar-refractivity contribution in [1.82, 2.24) is 5.32 Å². The number of carbonyl (C=O) groups excluding carboxylic acids is 1. The molecular weight excluding hydrogens is 272 g/mol. The van der Waals surface area contributed by atoms with Crippen LogP contribution in [0.5, 0.6) is 0 Å². The number of hydrogen-bond acceptors (Lipinski definition) is 1. The van der Waals surface area contributed by atoms with Gasteiger partial charge in [-0.05, 0) is 31.6 Å². The molecular formula is C14H22ClF2NO. The van der Waals surface area contributed by atoms with Gasteiger partial charge in [0, 0.05) is 30.7 Å². The zero-order chi connectivity index (χ0) is 13.9. The molecule has 0 aromatic carbocycles. The van der Waals surface area contributed by atoms with E-state index in [1.807, 2.05) is 0 Å². The summed E-state index contributed by atoms with van der Waals surface area (Å²) in [5.74, 6) is -2.53. The van der Waals surface area contributed by atoms with Crippen molar-refractivity contribution in [3.05, 3.63) is 0 Å². The second kappa shape index (κ2) is 6.38. The lowest BCUT2D eigenvalue weighted by atomic mass is 9.85. The SMILES string of the molecule is O=C(NCC1CCCCC1Cl)C1CCC(F)(F)CC1. The molecule has 19 heavy (non-hydrogen) atoms. The lowest BCUT2D eigenvalue weighted by Crippen LogP contribution is -2.40.